The highest BCUT2D eigenvalue weighted by atomic mass is 35.5. The molecule has 0 radical (unpaired) electrons. The van der Waals surface area contributed by atoms with Gasteiger partial charge in [0.25, 0.3) is 0 Å². The summed E-state index contributed by atoms with van der Waals surface area (Å²) < 4.78 is 0. The highest BCUT2D eigenvalue weighted by molar-refractivity contribution is 6.30. The Kier molecular flexibility index (Phi) is 8.72. The van der Waals surface area contributed by atoms with Crippen LogP contribution in [0.4, 0.5) is 0 Å². The van der Waals surface area contributed by atoms with E-state index in [0.29, 0.717) is 10.7 Å². The van der Waals surface area contributed by atoms with Gasteiger partial charge in [-0.25, -0.2) is 0 Å². The first kappa shape index (κ1) is 15.4. The molecule has 1 heterocycles. The first-order chi connectivity index (χ1) is 5.24. The fourth-order valence-electron chi connectivity index (χ4n) is 0.717. The van der Waals surface area contributed by atoms with Crippen molar-refractivity contribution in [2.45, 2.75) is 6.04 Å². The topological polar surface area (TPSA) is 59.1 Å². The van der Waals surface area contributed by atoms with E-state index in [0.717, 1.165) is 0 Å². The first-order valence-electron chi connectivity index (χ1n) is 3.22. The van der Waals surface area contributed by atoms with Crippen LogP contribution in [-0.4, -0.2) is 16.7 Å². The second-order valence-electron chi connectivity index (χ2n) is 2.19. The van der Waals surface area contributed by atoms with Gasteiger partial charge in [-0.2, -0.15) is 0 Å². The molecule has 6 heteroatoms. The smallest absolute Gasteiger partial charge is 0.0705 e. The highest BCUT2D eigenvalue weighted by Gasteiger charge is 2.04. The Hall–Kier alpha value is -0.0600. The molecule has 1 atom stereocenters. The minimum absolute atomic E-state index is 0. The molecule has 1 aromatic heterocycles. The van der Waals surface area contributed by atoms with Gasteiger partial charge in [-0.15, -0.1) is 24.8 Å². The van der Waals surface area contributed by atoms with Gasteiger partial charge in [0, 0.05) is 11.2 Å². The van der Waals surface area contributed by atoms with E-state index in [1.54, 1.807) is 18.3 Å². The predicted octanol–water partition coefficient (Wildman–Crippen LogP) is 1.57. The van der Waals surface area contributed by atoms with Crippen molar-refractivity contribution in [1.82, 2.24) is 4.98 Å². The minimum Gasteiger partial charge on any atom is -0.394 e. The highest BCUT2D eigenvalue weighted by Crippen LogP contribution is 2.12. The SMILES string of the molecule is Cl.Cl.N[C@@H](CO)c1cc(Cl)ccn1. The van der Waals surface area contributed by atoms with Gasteiger partial charge in [0.05, 0.1) is 18.3 Å². The normalized spacial score (nSPS) is 11.0. The van der Waals surface area contributed by atoms with Crippen LogP contribution in [0.3, 0.4) is 0 Å². The lowest BCUT2D eigenvalue weighted by molar-refractivity contribution is 0.266. The summed E-state index contributed by atoms with van der Waals surface area (Å²) in [6.45, 7) is -0.118. The fraction of sp³-hybridized carbons (Fsp3) is 0.286. The van der Waals surface area contributed by atoms with Gasteiger partial charge >= 0.3 is 0 Å². The van der Waals surface area contributed by atoms with Gasteiger partial charge < -0.3 is 10.8 Å². The van der Waals surface area contributed by atoms with Crippen LogP contribution in [0.1, 0.15) is 11.7 Å². The maximum absolute atomic E-state index is 8.67. The number of aliphatic hydroxyl groups excluding tert-OH is 1. The van der Waals surface area contributed by atoms with E-state index in [1.165, 1.54) is 0 Å². The third kappa shape index (κ3) is 4.64. The summed E-state index contributed by atoms with van der Waals surface area (Å²) in [7, 11) is 0. The Labute approximate surface area is 94.1 Å². The number of aromatic nitrogens is 1. The van der Waals surface area contributed by atoms with Gasteiger partial charge in [-0.3, -0.25) is 4.98 Å². The quantitative estimate of drug-likeness (QED) is 0.831. The molecule has 0 saturated carbocycles. The second kappa shape index (κ2) is 7.35. The summed E-state index contributed by atoms with van der Waals surface area (Å²) in [5, 5.41) is 9.25. The molecule has 0 fully saturated rings. The summed E-state index contributed by atoms with van der Waals surface area (Å²) in [5.74, 6) is 0. The number of pyridine rings is 1. The Morgan fingerprint density at radius 1 is 1.54 bits per heavy atom. The standard InChI is InChI=1S/C7H9ClN2O.2ClH/c8-5-1-2-10-7(3-5)6(9)4-11;;/h1-3,6,11H,4,9H2;2*1H/t6-;;/m0../s1. The summed E-state index contributed by atoms with van der Waals surface area (Å²) >= 11 is 5.67. The van der Waals surface area contributed by atoms with Crippen LogP contribution in [0.15, 0.2) is 18.3 Å². The molecule has 0 aliphatic heterocycles. The Bertz CT molecular complexity index is 247. The van der Waals surface area contributed by atoms with Crippen LogP contribution < -0.4 is 5.73 Å². The van der Waals surface area contributed by atoms with Crippen LogP contribution in [-0.2, 0) is 0 Å². The Morgan fingerprint density at radius 2 is 2.15 bits per heavy atom. The molecular formula is C7H11Cl3N2O. The number of nitrogens with two attached hydrogens (primary N) is 1. The molecule has 1 rings (SSSR count). The van der Waals surface area contributed by atoms with Crippen LogP contribution in [0.25, 0.3) is 0 Å². The number of hydrogen-bond donors (Lipinski definition) is 2. The van der Waals surface area contributed by atoms with Gasteiger partial charge in [0.2, 0.25) is 0 Å². The van der Waals surface area contributed by atoms with Crippen LogP contribution >= 0.6 is 36.4 Å². The molecule has 0 unspecified atom stereocenters. The monoisotopic (exact) mass is 244 g/mol. The van der Waals surface area contributed by atoms with Crippen molar-refractivity contribution in [3.63, 3.8) is 0 Å². The van der Waals surface area contributed by atoms with E-state index in [4.69, 9.17) is 22.4 Å². The van der Waals surface area contributed by atoms with Gasteiger partial charge in [-0.1, -0.05) is 11.6 Å². The molecule has 0 bridgehead atoms. The molecule has 13 heavy (non-hydrogen) atoms. The van der Waals surface area contributed by atoms with E-state index in [-0.39, 0.29) is 31.4 Å². The largest absolute Gasteiger partial charge is 0.394 e. The number of nitrogens with zero attached hydrogens (tertiary/aromatic N) is 1. The van der Waals surface area contributed by atoms with Crippen molar-refractivity contribution in [1.29, 1.82) is 0 Å². The number of halogens is 3. The first-order valence-corrected chi connectivity index (χ1v) is 3.59. The molecule has 3 N–H and O–H groups in total. The second-order valence-corrected chi connectivity index (χ2v) is 2.62. The summed E-state index contributed by atoms with van der Waals surface area (Å²) in [5.41, 5.74) is 6.10. The van der Waals surface area contributed by atoms with Gasteiger partial charge in [0.1, 0.15) is 0 Å². The molecule has 76 valence electrons. The van der Waals surface area contributed by atoms with Crippen molar-refractivity contribution >= 4 is 36.4 Å². The molecule has 0 saturated heterocycles. The molecule has 0 aromatic carbocycles. The molecular weight excluding hydrogens is 234 g/mol. The lowest BCUT2D eigenvalue weighted by Crippen LogP contribution is -2.15. The zero-order valence-electron chi connectivity index (χ0n) is 6.68. The van der Waals surface area contributed by atoms with Crippen molar-refractivity contribution < 1.29 is 5.11 Å². The maximum Gasteiger partial charge on any atom is 0.0705 e. The van der Waals surface area contributed by atoms with Crippen LogP contribution in [0.5, 0.6) is 0 Å². The zero-order chi connectivity index (χ0) is 8.27. The number of aliphatic hydroxyl groups is 1. The Balaban J connectivity index is 0. The van der Waals surface area contributed by atoms with Gasteiger partial charge in [0.15, 0.2) is 0 Å². The third-order valence-corrected chi connectivity index (χ3v) is 1.55. The summed E-state index contributed by atoms with van der Waals surface area (Å²) in [6.07, 6.45) is 1.56. The average molecular weight is 246 g/mol. The Morgan fingerprint density at radius 3 is 2.62 bits per heavy atom. The fourth-order valence-corrected chi connectivity index (χ4v) is 0.886. The lowest BCUT2D eigenvalue weighted by Gasteiger charge is -2.06. The van der Waals surface area contributed by atoms with Crippen LogP contribution in [0.2, 0.25) is 5.02 Å². The predicted molar refractivity (Wildman–Crippen MR) is 57.8 cm³/mol. The molecule has 1 aromatic rings. The zero-order valence-corrected chi connectivity index (χ0v) is 9.07. The molecule has 3 nitrogen and oxygen atoms in total. The van der Waals surface area contributed by atoms with E-state index >= 15 is 0 Å². The lowest BCUT2D eigenvalue weighted by atomic mass is 10.2. The van der Waals surface area contributed by atoms with Crippen molar-refractivity contribution in [3.05, 3.63) is 29.0 Å². The van der Waals surface area contributed by atoms with Crippen molar-refractivity contribution in [2.24, 2.45) is 5.73 Å². The van der Waals surface area contributed by atoms with Crippen molar-refractivity contribution in [2.75, 3.05) is 6.61 Å². The molecule has 0 aliphatic carbocycles. The third-order valence-electron chi connectivity index (χ3n) is 1.32. The summed E-state index contributed by atoms with van der Waals surface area (Å²) in [4.78, 5) is 3.94. The number of hydrogen-bond acceptors (Lipinski definition) is 3. The average Bonchev–Trinajstić information content (AvgIpc) is 2.03. The van der Waals surface area contributed by atoms with E-state index < -0.39 is 6.04 Å². The number of rotatable bonds is 2. The van der Waals surface area contributed by atoms with E-state index in [9.17, 15) is 0 Å². The minimum atomic E-state index is -0.436. The van der Waals surface area contributed by atoms with Crippen molar-refractivity contribution in [3.8, 4) is 0 Å². The van der Waals surface area contributed by atoms with E-state index in [1.807, 2.05) is 0 Å². The maximum atomic E-state index is 8.67. The summed E-state index contributed by atoms with van der Waals surface area (Å²) in [6, 6.07) is 2.87. The molecule has 0 spiro atoms. The molecule has 0 aliphatic rings. The van der Waals surface area contributed by atoms with E-state index in [2.05, 4.69) is 4.98 Å². The van der Waals surface area contributed by atoms with Gasteiger partial charge in [-0.05, 0) is 12.1 Å². The molecule has 0 amide bonds. The van der Waals surface area contributed by atoms with Crippen LogP contribution in [0, 0.1) is 0 Å².